The molecular weight excluding hydrogens is 190 g/mol. The van der Waals surface area contributed by atoms with Crippen molar-refractivity contribution in [3.05, 3.63) is 0 Å². The van der Waals surface area contributed by atoms with Gasteiger partial charge in [0, 0.05) is 25.7 Å². The van der Waals surface area contributed by atoms with Crippen LogP contribution in [-0.4, -0.2) is 49.0 Å². The molecule has 0 radical (unpaired) electrons. The zero-order valence-electron chi connectivity index (χ0n) is 9.53. The van der Waals surface area contributed by atoms with E-state index in [1.165, 1.54) is 32.1 Å². The Morgan fingerprint density at radius 2 is 2.00 bits per heavy atom. The molecule has 3 nitrogen and oxygen atoms in total. The van der Waals surface area contributed by atoms with Crippen LogP contribution >= 0.6 is 0 Å². The van der Waals surface area contributed by atoms with Crippen molar-refractivity contribution in [3.63, 3.8) is 0 Å². The lowest BCUT2D eigenvalue weighted by molar-refractivity contribution is 0.120. The molecule has 1 atom stereocenters. The lowest BCUT2D eigenvalue weighted by Gasteiger charge is -2.30. The minimum Gasteiger partial charge on any atom is -0.395 e. The number of nitrogens with zero attached hydrogens (tertiary/aromatic N) is 1. The van der Waals surface area contributed by atoms with Gasteiger partial charge in [0.25, 0.3) is 0 Å². The van der Waals surface area contributed by atoms with E-state index in [2.05, 4.69) is 4.90 Å². The Bertz CT molecular complexity index is 174. The van der Waals surface area contributed by atoms with Gasteiger partial charge in [-0.15, -0.1) is 0 Å². The minimum absolute atomic E-state index is 0.296. The highest BCUT2D eigenvalue weighted by atomic mass is 16.5. The van der Waals surface area contributed by atoms with Crippen LogP contribution in [-0.2, 0) is 4.74 Å². The normalized spacial score (nSPS) is 28.0. The summed E-state index contributed by atoms with van der Waals surface area (Å²) in [7, 11) is 0. The van der Waals surface area contributed by atoms with Crippen LogP contribution in [0.15, 0.2) is 0 Å². The van der Waals surface area contributed by atoms with Gasteiger partial charge in [-0.3, -0.25) is 4.90 Å². The number of hydrogen-bond donors (Lipinski definition) is 1. The second kappa shape index (κ2) is 5.83. The maximum atomic E-state index is 9.10. The Balaban J connectivity index is 1.81. The van der Waals surface area contributed by atoms with E-state index >= 15 is 0 Å². The summed E-state index contributed by atoms with van der Waals surface area (Å²) in [4.78, 5) is 2.49. The van der Waals surface area contributed by atoms with Crippen molar-refractivity contribution in [1.29, 1.82) is 0 Å². The first-order chi connectivity index (χ1) is 7.40. The fourth-order valence-corrected chi connectivity index (χ4v) is 2.88. The van der Waals surface area contributed by atoms with Gasteiger partial charge in [-0.25, -0.2) is 0 Å². The molecule has 1 saturated heterocycles. The Hall–Kier alpha value is -0.120. The highest BCUT2D eigenvalue weighted by molar-refractivity contribution is 4.80. The molecule has 0 aromatic carbocycles. The van der Waals surface area contributed by atoms with Crippen LogP contribution < -0.4 is 0 Å². The molecule has 15 heavy (non-hydrogen) atoms. The van der Waals surface area contributed by atoms with E-state index in [9.17, 15) is 0 Å². The van der Waals surface area contributed by atoms with Crippen molar-refractivity contribution in [2.75, 3.05) is 32.9 Å². The molecule has 1 aliphatic carbocycles. The molecule has 0 bridgehead atoms. The molecular formula is C12H23NO2. The molecule has 1 heterocycles. The Morgan fingerprint density at radius 3 is 2.60 bits per heavy atom. The van der Waals surface area contributed by atoms with E-state index in [1.54, 1.807) is 0 Å². The van der Waals surface area contributed by atoms with Crippen molar-refractivity contribution >= 4 is 0 Å². The average molecular weight is 213 g/mol. The molecule has 2 aliphatic rings. The van der Waals surface area contributed by atoms with Crippen molar-refractivity contribution < 1.29 is 9.84 Å². The van der Waals surface area contributed by atoms with Gasteiger partial charge in [-0.05, 0) is 25.2 Å². The van der Waals surface area contributed by atoms with E-state index in [0.29, 0.717) is 12.5 Å². The van der Waals surface area contributed by atoms with E-state index in [4.69, 9.17) is 9.84 Å². The molecule has 1 N–H and O–H groups in total. The number of rotatable bonds is 5. The second-order valence-corrected chi connectivity index (χ2v) is 4.89. The largest absolute Gasteiger partial charge is 0.395 e. The first-order valence-corrected chi connectivity index (χ1v) is 6.33. The first kappa shape index (κ1) is 11.4. The van der Waals surface area contributed by atoms with Gasteiger partial charge in [0.15, 0.2) is 0 Å². The monoisotopic (exact) mass is 213 g/mol. The molecule has 88 valence electrons. The number of aliphatic hydroxyl groups is 1. The van der Waals surface area contributed by atoms with Crippen LogP contribution in [0, 0.1) is 5.92 Å². The molecule has 3 heteroatoms. The molecule has 2 fully saturated rings. The first-order valence-electron chi connectivity index (χ1n) is 6.33. The third kappa shape index (κ3) is 3.16. The molecule has 1 aliphatic heterocycles. The topological polar surface area (TPSA) is 32.7 Å². The van der Waals surface area contributed by atoms with Crippen LogP contribution in [0.1, 0.15) is 32.1 Å². The molecule has 0 aromatic rings. The maximum Gasteiger partial charge on any atom is 0.0558 e. The zero-order chi connectivity index (χ0) is 10.5. The highest BCUT2D eigenvalue weighted by Crippen LogP contribution is 2.25. The Labute approximate surface area is 92.4 Å². The summed E-state index contributed by atoms with van der Waals surface area (Å²) >= 11 is 0. The van der Waals surface area contributed by atoms with Crippen molar-refractivity contribution in [3.8, 4) is 0 Å². The third-order valence-corrected chi connectivity index (χ3v) is 3.75. The molecule has 1 saturated carbocycles. The summed E-state index contributed by atoms with van der Waals surface area (Å²) in [6, 6.07) is 0.734. The fraction of sp³-hybridized carbons (Fsp3) is 1.00. The van der Waals surface area contributed by atoms with Gasteiger partial charge >= 0.3 is 0 Å². The molecule has 0 spiro atoms. The zero-order valence-corrected chi connectivity index (χ0v) is 9.53. The van der Waals surface area contributed by atoms with Gasteiger partial charge in [-0.1, -0.05) is 12.8 Å². The van der Waals surface area contributed by atoms with E-state index in [0.717, 1.165) is 32.3 Å². The van der Waals surface area contributed by atoms with Crippen LogP contribution in [0.3, 0.4) is 0 Å². The van der Waals surface area contributed by atoms with Crippen LogP contribution in [0.5, 0.6) is 0 Å². The quantitative estimate of drug-likeness (QED) is 0.746. The van der Waals surface area contributed by atoms with E-state index < -0.39 is 0 Å². The smallest absolute Gasteiger partial charge is 0.0558 e. The highest BCUT2D eigenvalue weighted by Gasteiger charge is 2.26. The SMILES string of the molecule is OCCN(CC1CCOC1)C1CCCC1. The molecule has 0 amide bonds. The second-order valence-electron chi connectivity index (χ2n) is 4.89. The summed E-state index contributed by atoms with van der Waals surface area (Å²) in [6.07, 6.45) is 6.59. The molecule has 1 unspecified atom stereocenters. The summed E-state index contributed by atoms with van der Waals surface area (Å²) < 4.78 is 5.41. The van der Waals surface area contributed by atoms with Gasteiger partial charge < -0.3 is 9.84 Å². The summed E-state index contributed by atoms with van der Waals surface area (Å²) in [5.41, 5.74) is 0. The van der Waals surface area contributed by atoms with Gasteiger partial charge in [0.2, 0.25) is 0 Å². The third-order valence-electron chi connectivity index (χ3n) is 3.75. The number of aliphatic hydroxyl groups excluding tert-OH is 1. The molecule has 2 rings (SSSR count). The standard InChI is InChI=1S/C12H23NO2/c14-7-6-13(12-3-1-2-4-12)9-11-5-8-15-10-11/h11-12,14H,1-10H2. The summed E-state index contributed by atoms with van der Waals surface area (Å²) in [6.45, 7) is 4.13. The number of hydrogen-bond acceptors (Lipinski definition) is 3. The van der Waals surface area contributed by atoms with E-state index in [-0.39, 0.29) is 0 Å². The predicted molar refractivity (Wildman–Crippen MR) is 59.8 cm³/mol. The average Bonchev–Trinajstić information content (AvgIpc) is 2.89. The van der Waals surface area contributed by atoms with Crippen LogP contribution in [0.2, 0.25) is 0 Å². The lowest BCUT2D eigenvalue weighted by atomic mass is 10.1. The van der Waals surface area contributed by atoms with Crippen molar-refractivity contribution in [1.82, 2.24) is 4.90 Å². The Morgan fingerprint density at radius 1 is 1.20 bits per heavy atom. The fourth-order valence-electron chi connectivity index (χ4n) is 2.88. The van der Waals surface area contributed by atoms with Crippen LogP contribution in [0.25, 0.3) is 0 Å². The van der Waals surface area contributed by atoms with Crippen LogP contribution in [0.4, 0.5) is 0 Å². The summed E-state index contributed by atoms with van der Waals surface area (Å²) in [5.74, 6) is 0.706. The summed E-state index contributed by atoms with van der Waals surface area (Å²) in [5, 5.41) is 9.10. The lowest BCUT2D eigenvalue weighted by Crippen LogP contribution is -2.39. The van der Waals surface area contributed by atoms with Gasteiger partial charge in [-0.2, -0.15) is 0 Å². The number of ether oxygens (including phenoxy) is 1. The minimum atomic E-state index is 0.296. The molecule has 0 aromatic heterocycles. The Kier molecular flexibility index (Phi) is 4.42. The van der Waals surface area contributed by atoms with Crippen molar-refractivity contribution in [2.45, 2.75) is 38.1 Å². The van der Waals surface area contributed by atoms with E-state index in [1.807, 2.05) is 0 Å². The van der Waals surface area contributed by atoms with Gasteiger partial charge in [0.1, 0.15) is 0 Å². The van der Waals surface area contributed by atoms with Gasteiger partial charge in [0.05, 0.1) is 13.2 Å². The maximum absolute atomic E-state index is 9.10. The predicted octanol–water partition coefficient (Wildman–Crippen LogP) is 1.26. The van der Waals surface area contributed by atoms with Crippen molar-refractivity contribution in [2.24, 2.45) is 5.92 Å².